The Balaban J connectivity index is 0.000000220. The highest BCUT2D eigenvalue weighted by Gasteiger charge is 2.45. The van der Waals surface area contributed by atoms with Gasteiger partial charge in [-0.1, -0.05) is 42.5 Å². The van der Waals surface area contributed by atoms with Crippen LogP contribution in [-0.4, -0.2) is 128 Å². The summed E-state index contributed by atoms with van der Waals surface area (Å²) < 4.78 is 50.4. The number of ether oxygens (including phenoxy) is 4. The number of fused-ring (bicyclic) bond motifs is 2. The molecule has 20 heteroatoms. The summed E-state index contributed by atoms with van der Waals surface area (Å²) in [4.78, 5) is 67.0. The number of hydrogen-bond acceptors (Lipinski definition) is 13. The fraction of sp³-hybridized carbons (Fsp3) is 0.393. The molecule has 6 N–H and O–H groups in total. The van der Waals surface area contributed by atoms with Crippen LogP contribution in [0.1, 0.15) is 39.7 Å². The molecule has 6 aliphatic rings. The van der Waals surface area contributed by atoms with Crippen molar-refractivity contribution in [3.8, 4) is 11.5 Å². The first-order chi connectivity index (χ1) is 36.7. The Bertz CT molecular complexity index is 2900. The number of anilines is 4. The highest BCUT2D eigenvalue weighted by atomic mass is 19.1. The summed E-state index contributed by atoms with van der Waals surface area (Å²) in [5.74, 6) is -1.78. The molecule has 0 aromatic heterocycles. The van der Waals surface area contributed by atoms with Crippen LogP contribution in [0.5, 0.6) is 11.5 Å². The van der Waals surface area contributed by atoms with Gasteiger partial charge in [0.05, 0.1) is 24.1 Å². The topological polar surface area (TPSA) is 219 Å². The molecule has 5 amide bonds. The Kier molecular flexibility index (Phi) is 16.3. The molecule has 4 saturated heterocycles. The average Bonchev–Trinajstić information content (AvgIpc) is 3.69. The quantitative estimate of drug-likeness (QED) is 0.0993. The summed E-state index contributed by atoms with van der Waals surface area (Å²) in [6.45, 7) is 7.24. The summed E-state index contributed by atoms with van der Waals surface area (Å²) >= 11 is 0. The molecule has 10 rings (SSSR count). The van der Waals surface area contributed by atoms with Crippen LogP contribution >= 0.6 is 0 Å². The number of nitrogens with one attached hydrogen (secondary N) is 2. The Morgan fingerprint density at radius 2 is 1.24 bits per heavy atom. The van der Waals surface area contributed by atoms with E-state index in [4.69, 9.17) is 30.4 Å². The van der Waals surface area contributed by atoms with Crippen molar-refractivity contribution in [2.75, 3.05) is 99.5 Å². The van der Waals surface area contributed by atoms with E-state index in [0.717, 1.165) is 107 Å². The van der Waals surface area contributed by atoms with Gasteiger partial charge in [-0.15, -0.1) is 0 Å². The number of aliphatic imine (C=N–C) groups is 2. The number of urea groups is 1. The van der Waals surface area contributed by atoms with Crippen LogP contribution in [-0.2, 0) is 36.8 Å². The van der Waals surface area contributed by atoms with Crippen LogP contribution < -0.4 is 51.2 Å². The molecular weight excluding hydrogens is 979 g/mol. The molecule has 4 aromatic carbocycles. The summed E-state index contributed by atoms with van der Waals surface area (Å²) in [6.07, 6.45) is 8.25. The van der Waals surface area contributed by atoms with Gasteiger partial charge in [0.15, 0.2) is 5.83 Å². The van der Waals surface area contributed by atoms with Crippen molar-refractivity contribution in [2.24, 2.45) is 32.3 Å². The number of benzene rings is 4. The highest BCUT2D eigenvalue weighted by molar-refractivity contribution is 6.05. The number of likely N-dealkylation sites (N-methyl/N-ethyl adjacent to an activating group) is 2. The Hall–Kier alpha value is -7.84. The number of nitrogens with two attached hydrogens (primary N) is 2. The van der Waals surface area contributed by atoms with Crippen molar-refractivity contribution in [3.63, 3.8) is 0 Å². The first kappa shape index (κ1) is 53.0. The normalized spacial score (nSPS) is 21.2. The minimum Gasteiger partial charge on any atom is -0.489 e. The second kappa shape index (κ2) is 23.4. The average molecular weight is 1050 g/mol. The predicted octanol–water partition coefficient (Wildman–Crippen LogP) is 6.08. The number of rotatable bonds is 11. The molecule has 2 atom stereocenters. The molecule has 76 heavy (non-hydrogen) atoms. The van der Waals surface area contributed by atoms with Crippen LogP contribution in [0.3, 0.4) is 0 Å². The maximum Gasteiger partial charge on any atom is 0.341 e. The maximum absolute atomic E-state index is 14.5. The summed E-state index contributed by atoms with van der Waals surface area (Å²) in [6, 6.07) is 24.3. The molecule has 0 bridgehead atoms. The molecule has 6 heterocycles. The fourth-order valence-electron chi connectivity index (χ4n) is 10.2. The molecule has 0 saturated carbocycles. The van der Waals surface area contributed by atoms with Crippen LogP contribution in [0, 0.1) is 16.6 Å². The Morgan fingerprint density at radius 1 is 0.724 bits per heavy atom. The lowest BCUT2D eigenvalue weighted by Crippen LogP contribution is -2.58. The van der Waals surface area contributed by atoms with Gasteiger partial charge >= 0.3 is 6.03 Å². The van der Waals surface area contributed by atoms with E-state index in [1.54, 1.807) is 26.2 Å². The third-order valence-electron chi connectivity index (χ3n) is 14.9. The summed E-state index contributed by atoms with van der Waals surface area (Å²) in [5, 5.41) is 5.13. The molecular formula is C56H68F2N10O8. The molecule has 18 nitrogen and oxygen atoms in total. The number of nitrogens with zero attached hydrogens (tertiary/aromatic N) is 6. The van der Waals surface area contributed by atoms with Crippen molar-refractivity contribution in [1.82, 2.24) is 10.6 Å². The van der Waals surface area contributed by atoms with Gasteiger partial charge in [0, 0.05) is 104 Å². The van der Waals surface area contributed by atoms with E-state index in [1.807, 2.05) is 66.7 Å². The molecule has 2 spiro atoms. The molecule has 0 aliphatic carbocycles. The zero-order valence-electron chi connectivity index (χ0n) is 42.7. The summed E-state index contributed by atoms with van der Waals surface area (Å²) in [5.41, 5.74) is 17.0. The number of hydrogen-bond donors (Lipinski definition) is 4. The minimum atomic E-state index is -1.04. The van der Waals surface area contributed by atoms with Gasteiger partial charge in [-0.3, -0.25) is 19.4 Å². The van der Waals surface area contributed by atoms with Gasteiger partial charge < -0.3 is 60.6 Å². The van der Waals surface area contributed by atoms with Crippen molar-refractivity contribution in [3.05, 3.63) is 131 Å². The third kappa shape index (κ3) is 12.3. The second-order valence-corrected chi connectivity index (χ2v) is 20.2. The van der Waals surface area contributed by atoms with Crippen LogP contribution in [0.4, 0.5) is 36.3 Å². The lowest BCUT2D eigenvalue weighted by molar-refractivity contribution is -0.126. The Labute approximate surface area is 443 Å². The summed E-state index contributed by atoms with van der Waals surface area (Å²) in [7, 11) is 3.31. The largest absolute Gasteiger partial charge is 0.489 e. The Morgan fingerprint density at radius 3 is 1.75 bits per heavy atom. The number of halogens is 2. The van der Waals surface area contributed by atoms with E-state index in [-0.39, 0.29) is 40.2 Å². The highest BCUT2D eigenvalue weighted by Crippen LogP contribution is 2.46. The lowest BCUT2D eigenvalue weighted by atomic mass is 9.73. The minimum absolute atomic E-state index is 0. The van der Waals surface area contributed by atoms with Gasteiger partial charge in [-0.25, -0.2) is 18.6 Å². The van der Waals surface area contributed by atoms with E-state index in [9.17, 15) is 28.0 Å². The van der Waals surface area contributed by atoms with Crippen molar-refractivity contribution in [2.45, 2.75) is 50.7 Å². The van der Waals surface area contributed by atoms with Crippen LogP contribution in [0.2, 0.25) is 0 Å². The van der Waals surface area contributed by atoms with Gasteiger partial charge in [0.25, 0.3) is 17.7 Å². The number of allylic oxidation sites excluding steroid dienone is 2. The van der Waals surface area contributed by atoms with E-state index in [1.165, 1.54) is 34.3 Å². The van der Waals surface area contributed by atoms with Crippen LogP contribution in [0.15, 0.2) is 124 Å². The second-order valence-electron chi connectivity index (χ2n) is 20.2. The van der Waals surface area contributed by atoms with E-state index >= 15 is 0 Å². The molecule has 4 fully saturated rings. The SMILES string of the molecule is CN1C(=O)C(NC(=O)/C(N)=C(\F)C=NCc2ccccc2)COc2ccc(N3CC4(CCOCC4)C3)cc21.CN1C(=O)C(NC(=O)/N=C/C(=C\N)Cc2ccc(F)cc2)COc2ccc(N3CC4(CCOCC4)C3)cc21.[HH].[HH]. The molecule has 2 unspecified atom stereocenters. The standard InChI is InChI=1S/2C28H32FN5O4.2H2/c1-33-24-13-22(34-17-28(18-34)8-10-37-11-9-28)6-7-25(24)38-16-23(26(33)35)32-27(36)31-15-20(14-30)12-19-2-4-21(29)5-3-19;1-33-23-13-20(34-17-28(18-34)9-11-37-12-10-28)7-8-24(23)38-16-22(27(33)36)32-26(35)25(30)21(29)15-31-14-19-5-3-2-4-6-19;;/h2-7,13-15,23H,8-12,16-18,30H2,1H3,(H,32,36);2-8,13,15,22H,9-12,14,16-18,30H2,1H3,(H,32,35);2*1H/b20-14-,31-15+;25-21+,31-15?;;. The maximum atomic E-state index is 14.5. The third-order valence-corrected chi connectivity index (χ3v) is 14.9. The zero-order chi connectivity index (χ0) is 53.4. The van der Waals surface area contributed by atoms with Crippen molar-refractivity contribution in [1.29, 1.82) is 0 Å². The molecule has 404 valence electrons. The first-order valence-electron chi connectivity index (χ1n) is 25.4. The molecule has 0 radical (unpaired) electrons. The monoisotopic (exact) mass is 1050 g/mol. The van der Waals surface area contributed by atoms with Gasteiger partial charge in [0.2, 0.25) is 0 Å². The zero-order valence-corrected chi connectivity index (χ0v) is 42.7. The number of carbonyl (C=O) groups excluding carboxylic acids is 4. The number of amides is 5. The van der Waals surface area contributed by atoms with Crippen molar-refractivity contribution >= 4 is 58.9 Å². The molecule has 6 aliphatic heterocycles. The predicted molar refractivity (Wildman–Crippen MR) is 290 cm³/mol. The van der Waals surface area contributed by atoms with E-state index in [0.29, 0.717) is 45.7 Å². The van der Waals surface area contributed by atoms with Gasteiger partial charge in [-0.2, -0.15) is 0 Å². The fourth-order valence-corrected chi connectivity index (χ4v) is 10.2. The van der Waals surface area contributed by atoms with Crippen LogP contribution in [0.25, 0.3) is 0 Å². The molecule has 4 aromatic rings. The van der Waals surface area contributed by atoms with Gasteiger partial charge in [-0.05, 0) is 97.1 Å². The number of carbonyl (C=O) groups is 4. The smallest absolute Gasteiger partial charge is 0.341 e. The van der Waals surface area contributed by atoms with Gasteiger partial charge in [0.1, 0.15) is 48.3 Å². The lowest BCUT2D eigenvalue weighted by Gasteiger charge is -2.53. The van der Waals surface area contributed by atoms with E-state index < -0.39 is 35.5 Å². The first-order valence-corrected chi connectivity index (χ1v) is 25.4. The van der Waals surface area contributed by atoms with Crippen molar-refractivity contribution < 1.29 is 49.8 Å². The van der Waals surface area contributed by atoms with E-state index in [2.05, 4.69) is 30.4 Å².